The maximum Gasteiger partial charge on any atom is 0.303 e. The van der Waals surface area contributed by atoms with Crippen molar-refractivity contribution in [1.29, 1.82) is 0 Å². The number of ether oxygens (including phenoxy) is 7. The summed E-state index contributed by atoms with van der Waals surface area (Å²) in [5.41, 5.74) is 0.487. The predicted octanol–water partition coefficient (Wildman–Crippen LogP) is 2.42. The molecule has 21 heteroatoms. The molecule has 57 heavy (non-hydrogen) atoms. The van der Waals surface area contributed by atoms with Crippen molar-refractivity contribution in [2.45, 2.75) is 64.8 Å². The zero-order valence-electron chi connectivity index (χ0n) is 31.4. The Balaban J connectivity index is 1.34. The SMILES string of the molecule is COc1cnc(-c2cc(Cl)ccc2F)nc1Nc1ccncc1C(=O)NCCCNC(=O)COC1O[C@H](COC(C)=O)[C@@H](OC(C)=O)[C@H](OC(C)=O)[C@H]1OC(C)=O. The summed E-state index contributed by atoms with van der Waals surface area (Å²) in [6.45, 7) is 3.46. The molecule has 0 aliphatic carbocycles. The van der Waals surface area contributed by atoms with Crippen LogP contribution < -0.4 is 20.7 Å². The Labute approximate surface area is 330 Å². The lowest BCUT2D eigenvalue weighted by atomic mass is 9.98. The Bertz CT molecular complexity index is 1960. The summed E-state index contributed by atoms with van der Waals surface area (Å²) in [6.07, 6.45) is -2.74. The van der Waals surface area contributed by atoms with E-state index in [1.54, 1.807) is 0 Å². The van der Waals surface area contributed by atoms with Crippen molar-refractivity contribution in [1.82, 2.24) is 25.6 Å². The lowest BCUT2D eigenvalue weighted by Crippen LogP contribution is -2.63. The van der Waals surface area contributed by atoms with Crippen LogP contribution >= 0.6 is 11.6 Å². The second kappa shape index (κ2) is 20.8. The lowest BCUT2D eigenvalue weighted by molar-refractivity contribution is -0.306. The number of amides is 2. The summed E-state index contributed by atoms with van der Waals surface area (Å²) in [5.74, 6) is -4.53. The number of aromatic nitrogens is 3. The Morgan fingerprint density at radius 3 is 2.25 bits per heavy atom. The van der Waals surface area contributed by atoms with Crippen LogP contribution in [0.2, 0.25) is 5.02 Å². The van der Waals surface area contributed by atoms with Crippen molar-refractivity contribution in [2.75, 3.05) is 38.7 Å². The van der Waals surface area contributed by atoms with Crippen LogP contribution in [0.4, 0.5) is 15.9 Å². The first kappa shape index (κ1) is 43.7. The van der Waals surface area contributed by atoms with Crippen molar-refractivity contribution in [3.05, 3.63) is 59.3 Å². The van der Waals surface area contributed by atoms with Gasteiger partial charge in [-0.3, -0.25) is 33.8 Å². The number of esters is 4. The molecule has 4 rings (SSSR count). The van der Waals surface area contributed by atoms with Gasteiger partial charge in [-0.2, -0.15) is 0 Å². The third-order valence-corrected chi connectivity index (χ3v) is 7.99. The molecule has 2 amide bonds. The fourth-order valence-electron chi connectivity index (χ4n) is 5.37. The van der Waals surface area contributed by atoms with Gasteiger partial charge in [0.05, 0.1) is 30.1 Å². The summed E-state index contributed by atoms with van der Waals surface area (Å²) in [5, 5.41) is 8.65. The molecule has 306 valence electrons. The largest absolute Gasteiger partial charge is 0.491 e. The molecule has 3 heterocycles. The minimum Gasteiger partial charge on any atom is -0.491 e. The molecule has 0 spiro atoms. The first-order valence-corrected chi connectivity index (χ1v) is 17.6. The third-order valence-electron chi connectivity index (χ3n) is 7.75. The molecule has 19 nitrogen and oxygen atoms in total. The number of rotatable bonds is 17. The van der Waals surface area contributed by atoms with Crippen molar-refractivity contribution in [3.8, 4) is 17.1 Å². The molecule has 0 radical (unpaired) electrons. The van der Waals surface area contributed by atoms with Gasteiger partial charge in [0, 0.05) is 58.2 Å². The molecule has 5 atom stereocenters. The van der Waals surface area contributed by atoms with Gasteiger partial charge in [-0.15, -0.1) is 0 Å². The fourth-order valence-corrected chi connectivity index (χ4v) is 5.54. The molecule has 1 aliphatic rings. The van der Waals surface area contributed by atoms with Crippen LogP contribution in [0.25, 0.3) is 11.4 Å². The summed E-state index contributed by atoms with van der Waals surface area (Å²) < 4.78 is 52.4. The van der Waals surface area contributed by atoms with Gasteiger partial charge in [-0.05, 0) is 30.7 Å². The van der Waals surface area contributed by atoms with Gasteiger partial charge in [0.25, 0.3) is 5.91 Å². The van der Waals surface area contributed by atoms with Crippen LogP contribution in [0.3, 0.4) is 0 Å². The number of carbonyl (C=O) groups is 6. The molecule has 1 saturated heterocycles. The highest BCUT2D eigenvalue weighted by Gasteiger charge is 2.53. The van der Waals surface area contributed by atoms with Crippen LogP contribution in [0.5, 0.6) is 5.75 Å². The molecule has 1 unspecified atom stereocenters. The molecular formula is C36H40ClFN6O13. The minimum atomic E-state index is -1.54. The second-order valence-electron chi connectivity index (χ2n) is 12.1. The maximum absolute atomic E-state index is 14.6. The normalized spacial score (nSPS) is 18.7. The van der Waals surface area contributed by atoms with E-state index in [4.69, 9.17) is 44.8 Å². The zero-order valence-corrected chi connectivity index (χ0v) is 32.1. The van der Waals surface area contributed by atoms with E-state index in [1.165, 1.54) is 50.0 Å². The van der Waals surface area contributed by atoms with Gasteiger partial charge in [0.15, 0.2) is 42.0 Å². The summed E-state index contributed by atoms with van der Waals surface area (Å²) in [4.78, 5) is 86.0. The van der Waals surface area contributed by atoms with Crippen LogP contribution in [0.1, 0.15) is 44.5 Å². The van der Waals surface area contributed by atoms with Crippen molar-refractivity contribution in [2.24, 2.45) is 0 Å². The fraction of sp³-hybridized carbons (Fsp3) is 0.417. The van der Waals surface area contributed by atoms with Crippen LogP contribution in [0, 0.1) is 5.82 Å². The van der Waals surface area contributed by atoms with E-state index < -0.39 is 85.4 Å². The van der Waals surface area contributed by atoms with E-state index >= 15 is 0 Å². The Morgan fingerprint density at radius 1 is 0.877 bits per heavy atom. The molecule has 1 fully saturated rings. The highest BCUT2D eigenvalue weighted by Crippen LogP contribution is 2.32. The van der Waals surface area contributed by atoms with Gasteiger partial charge < -0.3 is 49.1 Å². The van der Waals surface area contributed by atoms with E-state index in [0.29, 0.717) is 5.69 Å². The van der Waals surface area contributed by atoms with Gasteiger partial charge in [-0.25, -0.2) is 14.4 Å². The molecule has 0 saturated carbocycles. The number of anilines is 2. The first-order chi connectivity index (χ1) is 27.2. The molecule has 1 aromatic carbocycles. The average molecular weight is 819 g/mol. The number of methoxy groups -OCH3 is 1. The monoisotopic (exact) mass is 818 g/mol. The Kier molecular flexibility index (Phi) is 16.0. The molecule has 3 aromatic rings. The average Bonchev–Trinajstić information content (AvgIpc) is 3.15. The summed E-state index contributed by atoms with van der Waals surface area (Å²) >= 11 is 6.05. The van der Waals surface area contributed by atoms with E-state index in [-0.39, 0.29) is 53.1 Å². The lowest BCUT2D eigenvalue weighted by Gasteiger charge is -2.43. The van der Waals surface area contributed by atoms with E-state index in [1.807, 2.05) is 0 Å². The predicted molar refractivity (Wildman–Crippen MR) is 194 cm³/mol. The van der Waals surface area contributed by atoms with Crippen molar-refractivity contribution >= 4 is 58.8 Å². The van der Waals surface area contributed by atoms with E-state index in [2.05, 4.69) is 30.9 Å². The number of pyridine rings is 1. The third kappa shape index (κ3) is 12.8. The van der Waals surface area contributed by atoms with E-state index in [9.17, 15) is 33.2 Å². The van der Waals surface area contributed by atoms with Crippen molar-refractivity contribution in [3.63, 3.8) is 0 Å². The van der Waals surface area contributed by atoms with Gasteiger partial charge >= 0.3 is 23.9 Å². The quantitative estimate of drug-likeness (QED) is 0.101. The van der Waals surface area contributed by atoms with Gasteiger partial charge in [-0.1, -0.05) is 11.6 Å². The first-order valence-electron chi connectivity index (χ1n) is 17.2. The summed E-state index contributed by atoms with van der Waals surface area (Å²) in [6, 6.07) is 5.49. The number of hydrogen-bond donors (Lipinski definition) is 3. The topological polar surface area (TPSA) is 242 Å². The molecule has 1 aliphatic heterocycles. The highest BCUT2D eigenvalue weighted by atomic mass is 35.5. The number of hydrogen-bond acceptors (Lipinski definition) is 17. The van der Waals surface area contributed by atoms with Gasteiger partial charge in [0.2, 0.25) is 5.91 Å². The summed E-state index contributed by atoms with van der Waals surface area (Å²) in [7, 11) is 1.39. The molecular weight excluding hydrogens is 779 g/mol. The Morgan fingerprint density at radius 2 is 1.56 bits per heavy atom. The van der Waals surface area contributed by atoms with Gasteiger partial charge in [0.1, 0.15) is 25.1 Å². The second-order valence-corrected chi connectivity index (χ2v) is 12.6. The number of nitrogens with zero attached hydrogens (tertiary/aromatic N) is 3. The minimum absolute atomic E-state index is 0.0174. The zero-order chi connectivity index (χ0) is 41.6. The Hall–Kier alpha value is -5.99. The van der Waals surface area contributed by atoms with Crippen LogP contribution in [-0.4, -0.2) is 115 Å². The number of benzene rings is 1. The smallest absolute Gasteiger partial charge is 0.303 e. The molecule has 3 N–H and O–H groups in total. The molecule has 0 bridgehead atoms. The highest BCUT2D eigenvalue weighted by molar-refractivity contribution is 6.30. The number of nitrogens with one attached hydrogen (secondary N) is 3. The number of halogens is 2. The van der Waals surface area contributed by atoms with Crippen LogP contribution in [0.15, 0.2) is 42.9 Å². The molecule has 2 aromatic heterocycles. The standard InChI is InChI=1S/C36H40ClFN6O13/c1-18(45)52-16-28-30(54-19(2)46)31(55-20(3)47)32(56-21(4)48)36(57-28)53-17-29(49)40-10-6-11-41-35(50)24-14-39-12-9-26(24)43-34-27(51-5)15-42-33(44-34)23-13-22(37)7-8-25(23)38/h7-9,12-15,28,30-32,36H,6,10-11,16-17H2,1-5H3,(H,40,49)(H,41,50)(H,39,42,43,44)/t28-,30-,31+,32-,36?/m1/s1. The number of carbonyl (C=O) groups excluding carboxylic acids is 6. The maximum atomic E-state index is 14.6. The van der Waals surface area contributed by atoms with Crippen molar-refractivity contribution < 1.29 is 66.3 Å². The van der Waals surface area contributed by atoms with E-state index in [0.717, 1.165) is 27.7 Å². The van der Waals surface area contributed by atoms with Crippen LogP contribution in [-0.2, 0) is 52.4 Å².